The highest BCUT2D eigenvalue weighted by molar-refractivity contribution is 7.91. The van der Waals surface area contributed by atoms with Gasteiger partial charge in [0.25, 0.3) is 5.91 Å². The number of benzene rings is 1. The fraction of sp³-hybridized carbons (Fsp3) is 0.421. The first-order valence-electron chi connectivity index (χ1n) is 9.44. The summed E-state index contributed by atoms with van der Waals surface area (Å²) in [5, 5.41) is 6.38. The van der Waals surface area contributed by atoms with Gasteiger partial charge in [0.05, 0.1) is 28.4 Å². The Labute approximate surface area is 164 Å². The first-order valence-corrected chi connectivity index (χ1v) is 11.3. The lowest BCUT2D eigenvalue weighted by Gasteiger charge is -2.28. The van der Waals surface area contributed by atoms with E-state index in [4.69, 9.17) is 0 Å². The van der Waals surface area contributed by atoms with Gasteiger partial charge in [-0.25, -0.2) is 18.4 Å². The summed E-state index contributed by atoms with van der Waals surface area (Å²) < 4.78 is 23.1. The van der Waals surface area contributed by atoms with Gasteiger partial charge in [0.15, 0.2) is 9.84 Å². The Hall–Kier alpha value is -2.68. The highest BCUT2D eigenvalue weighted by Gasteiger charge is 2.23. The molecular weight excluding hydrogens is 378 g/mol. The molecule has 0 bridgehead atoms. The first-order chi connectivity index (χ1) is 13.5. The van der Waals surface area contributed by atoms with Crippen molar-refractivity contribution in [2.24, 2.45) is 0 Å². The second kappa shape index (κ2) is 7.75. The maximum absolute atomic E-state index is 12.6. The van der Waals surface area contributed by atoms with Crippen molar-refractivity contribution < 1.29 is 13.2 Å². The second-order valence-corrected chi connectivity index (χ2v) is 9.49. The van der Waals surface area contributed by atoms with Gasteiger partial charge in [-0.2, -0.15) is 0 Å². The molecule has 0 unspecified atom stereocenters. The van der Waals surface area contributed by atoms with Crippen molar-refractivity contribution in [1.82, 2.24) is 9.97 Å². The Morgan fingerprint density at radius 3 is 2.29 bits per heavy atom. The molecule has 1 aromatic carbocycles. The quantitative estimate of drug-likeness (QED) is 0.789. The van der Waals surface area contributed by atoms with E-state index in [1.807, 2.05) is 29.2 Å². The van der Waals surface area contributed by atoms with E-state index < -0.39 is 9.84 Å². The number of hydrogen-bond donors (Lipinski definition) is 2. The third kappa shape index (κ3) is 4.24. The Morgan fingerprint density at radius 1 is 1.04 bits per heavy atom. The molecule has 1 aliphatic carbocycles. The number of aromatic nitrogens is 2. The number of amides is 1. The van der Waals surface area contributed by atoms with Crippen LogP contribution in [0.1, 0.15) is 29.6 Å². The molecule has 9 heteroatoms. The molecule has 2 heterocycles. The van der Waals surface area contributed by atoms with E-state index in [9.17, 15) is 13.2 Å². The van der Waals surface area contributed by atoms with Gasteiger partial charge in [-0.1, -0.05) is 12.1 Å². The molecule has 2 fully saturated rings. The highest BCUT2D eigenvalue weighted by atomic mass is 32.2. The van der Waals surface area contributed by atoms with Crippen molar-refractivity contribution in [3.8, 4) is 0 Å². The lowest BCUT2D eigenvalue weighted by molar-refractivity contribution is 0.102. The van der Waals surface area contributed by atoms with Gasteiger partial charge in [0, 0.05) is 31.5 Å². The van der Waals surface area contributed by atoms with Crippen molar-refractivity contribution in [3.63, 3.8) is 0 Å². The van der Waals surface area contributed by atoms with Gasteiger partial charge in [0.1, 0.15) is 0 Å². The maximum Gasteiger partial charge on any atom is 0.258 e. The number of hydrogen-bond acceptors (Lipinski definition) is 7. The predicted molar refractivity (Wildman–Crippen MR) is 109 cm³/mol. The standard InChI is InChI=1S/C19H23N5O3S/c25-18(23-17-7-2-1-6-16(17)22-15-4-3-5-15)14-12-20-19(21-13-14)24-8-10-28(26,27)11-9-24/h1-2,6-7,12-13,15,22H,3-5,8-11H2,(H,23,25). The van der Waals surface area contributed by atoms with Crippen LogP contribution in [-0.2, 0) is 9.84 Å². The summed E-state index contributed by atoms with van der Waals surface area (Å²) in [4.78, 5) is 22.9. The molecule has 2 N–H and O–H groups in total. The molecule has 0 spiro atoms. The van der Waals surface area contributed by atoms with Gasteiger partial charge in [-0.05, 0) is 31.4 Å². The highest BCUT2D eigenvalue weighted by Crippen LogP contribution is 2.28. The number of carbonyl (C=O) groups excluding carboxylic acids is 1. The number of nitrogens with zero attached hydrogens (tertiary/aromatic N) is 3. The summed E-state index contributed by atoms with van der Waals surface area (Å²) in [6.45, 7) is 0.738. The Kier molecular flexibility index (Phi) is 5.17. The molecule has 28 heavy (non-hydrogen) atoms. The van der Waals surface area contributed by atoms with E-state index in [0.29, 0.717) is 30.6 Å². The fourth-order valence-corrected chi connectivity index (χ4v) is 4.40. The largest absolute Gasteiger partial charge is 0.381 e. The SMILES string of the molecule is O=C(Nc1ccccc1NC1CCC1)c1cnc(N2CCS(=O)(=O)CC2)nc1. The van der Waals surface area contributed by atoms with E-state index >= 15 is 0 Å². The zero-order valence-electron chi connectivity index (χ0n) is 15.5. The molecule has 1 aliphatic heterocycles. The Morgan fingerprint density at radius 2 is 1.68 bits per heavy atom. The molecule has 0 atom stereocenters. The molecule has 1 amide bonds. The normalized spacial score (nSPS) is 18.9. The number of sulfone groups is 1. The summed E-state index contributed by atoms with van der Waals surface area (Å²) in [6.07, 6.45) is 6.48. The predicted octanol–water partition coefficient (Wildman–Crippen LogP) is 1.93. The average Bonchev–Trinajstić information content (AvgIpc) is 2.66. The minimum absolute atomic E-state index is 0.101. The number of carbonyl (C=O) groups is 1. The van der Waals surface area contributed by atoms with E-state index in [0.717, 1.165) is 24.2 Å². The third-order valence-electron chi connectivity index (χ3n) is 5.17. The Balaban J connectivity index is 1.42. The monoisotopic (exact) mass is 401 g/mol. The molecule has 2 aromatic rings. The number of nitrogens with one attached hydrogen (secondary N) is 2. The van der Waals surface area contributed by atoms with Gasteiger partial charge in [-0.3, -0.25) is 4.79 Å². The molecule has 8 nitrogen and oxygen atoms in total. The summed E-state index contributed by atoms with van der Waals surface area (Å²) in [7, 11) is -2.96. The third-order valence-corrected chi connectivity index (χ3v) is 6.78. The first kappa shape index (κ1) is 18.7. The van der Waals surface area contributed by atoms with E-state index in [-0.39, 0.29) is 17.4 Å². The van der Waals surface area contributed by atoms with Gasteiger partial charge >= 0.3 is 0 Å². The summed E-state index contributed by atoms with van der Waals surface area (Å²) in [6, 6.07) is 8.10. The van der Waals surface area contributed by atoms with Crippen molar-refractivity contribution in [1.29, 1.82) is 0 Å². The number of rotatable bonds is 5. The van der Waals surface area contributed by atoms with Crippen LogP contribution in [0.3, 0.4) is 0 Å². The van der Waals surface area contributed by atoms with Crippen LogP contribution in [0.25, 0.3) is 0 Å². The van der Waals surface area contributed by atoms with Crippen LogP contribution in [0.5, 0.6) is 0 Å². The molecule has 1 saturated heterocycles. The van der Waals surface area contributed by atoms with Gasteiger partial charge in [0.2, 0.25) is 5.95 Å². The lowest BCUT2D eigenvalue weighted by Crippen LogP contribution is -2.41. The van der Waals surface area contributed by atoms with Crippen LogP contribution in [0.15, 0.2) is 36.7 Å². The van der Waals surface area contributed by atoms with Crippen LogP contribution in [0.4, 0.5) is 17.3 Å². The molecular formula is C19H23N5O3S. The van der Waals surface area contributed by atoms with Crippen molar-refractivity contribution in [2.75, 3.05) is 40.1 Å². The summed E-state index contributed by atoms with van der Waals surface area (Å²) in [5.41, 5.74) is 1.99. The molecule has 2 aliphatic rings. The minimum atomic E-state index is -2.96. The van der Waals surface area contributed by atoms with E-state index in [2.05, 4.69) is 20.6 Å². The zero-order valence-corrected chi connectivity index (χ0v) is 16.3. The second-order valence-electron chi connectivity index (χ2n) is 7.18. The molecule has 1 aromatic heterocycles. The Bertz CT molecular complexity index is 944. The van der Waals surface area contributed by atoms with Crippen LogP contribution in [0.2, 0.25) is 0 Å². The maximum atomic E-state index is 12.6. The fourth-order valence-electron chi connectivity index (χ4n) is 3.20. The van der Waals surface area contributed by atoms with Crippen molar-refractivity contribution in [2.45, 2.75) is 25.3 Å². The number of para-hydroxylation sites is 2. The van der Waals surface area contributed by atoms with Crippen LogP contribution in [0, 0.1) is 0 Å². The molecule has 1 saturated carbocycles. The van der Waals surface area contributed by atoms with E-state index in [1.54, 1.807) is 0 Å². The molecule has 148 valence electrons. The van der Waals surface area contributed by atoms with Crippen LogP contribution in [-0.4, -0.2) is 54.9 Å². The molecule has 0 radical (unpaired) electrons. The summed E-state index contributed by atoms with van der Waals surface area (Å²) >= 11 is 0. The van der Waals surface area contributed by atoms with Gasteiger partial charge in [-0.15, -0.1) is 0 Å². The topological polar surface area (TPSA) is 104 Å². The van der Waals surface area contributed by atoms with Gasteiger partial charge < -0.3 is 15.5 Å². The van der Waals surface area contributed by atoms with E-state index in [1.165, 1.54) is 18.8 Å². The zero-order chi connectivity index (χ0) is 19.6. The lowest BCUT2D eigenvalue weighted by atomic mass is 9.93. The van der Waals surface area contributed by atoms with Crippen molar-refractivity contribution in [3.05, 3.63) is 42.2 Å². The number of anilines is 3. The smallest absolute Gasteiger partial charge is 0.258 e. The molecule has 4 rings (SSSR count). The average molecular weight is 401 g/mol. The van der Waals surface area contributed by atoms with Crippen LogP contribution < -0.4 is 15.5 Å². The summed E-state index contributed by atoms with van der Waals surface area (Å²) in [5.74, 6) is 0.362. The minimum Gasteiger partial charge on any atom is -0.381 e. The van der Waals surface area contributed by atoms with Crippen molar-refractivity contribution >= 4 is 33.1 Å². The van der Waals surface area contributed by atoms with Crippen LogP contribution >= 0.6 is 0 Å².